The van der Waals surface area contributed by atoms with Crippen LogP contribution >= 0.6 is 0 Å². The normalized spacial score (nSPS) is 21.5. The first-order valence-corrected chi connectivity index (χ1v) is 8.59. The average molecular weight is 315 g/mol. The van der Waals surface area contributed by atoms with Gasteiger partial charge in [0, 0.05) is 31.7 Å². The summed E-state index contributed by atoms with van der Waals surface area (Å²) in [6.07, 6.45) is 2.98. The summed E-state index contributed by atoms with van der Waals surface area (Å²) in [5.74, 6) is 0.264. The van der Waals surface area contributed by atoms with Crippen LogP contribution in [0.25, 0.3) is 0 Å². The molecular formula is C18H25N3O2. The van der Waals surface area contributed by atoms with E-state index < -0.39 is 0 Å². The van der Waals surface area contributed by atoms with Gasteiger partial charge in [0.05, 0.1) is 6.04 Å². The Balaban J connectivity index is 1.55. The number of piperazine rings is 1. The highest BCUT2D eigenvalue weighted by atomic mass is 16.2. The molecule has 1 unspecified atom stereocenters. The molecule has 1 aromatic carbocycles. The lowest BCUT2D eigenvalue weighted by Gasteiger charge is -2.36. The molecule has 0 aliphatic carbocycles. The quantitative estimate of drug-likeness (QED) is 0.914. The summed E-state index contributed by atoms with van der Waals surface area (Å²) in [6, 6.07) is 7.82. The fourth-order valence-electron chi connectivity index (χ4n) is 3.31. The van der Waals surface area contributed by atoms with Crippen molar-refractivity contribution in [1.29, 1.82) is 0 Å². The molecule has 2 aliphatic rings. The zero-order valence-corrected chi connectivity index (χ0v) is 13.8. The van der Waals surface area contributed by atoms with Crippen LogP contribution in [0.15, 0.2) is 24.3 Å². The minimum absolute atomic E-state index is 0.0150. The fourth-order valence-corrected chi connectivity index (χ4v) is 3.31. The van der Waals surface area contributed by atoms with E-state index in [-0.39, 0.29) is 17.9 Å². The van der Waals surface area contributed by atoms with Crippen molar-refractivity contribution in [1.82, 2.24) is 15.1 Å². The number of benzene rings is 1. The Morgan fingerprint density at radius 3 is 2.30 bits per heavy atom. The van der Waals surface area contributed by atoms with Crippen molar-refractivity contribution in [3.63, 3.8) is 0 Å². The Labute approximate surface area is 137 Å². The molecular weight excluding hydrogens is 290 g/mol. The molecule has 1 atom stereocenters. The van der Waals surface area contributed by atoms with Gasteiger partial charge < -0.3 is 15.1 Å². The Hall–Kier alpha value is -1.88. The molecule has 0 aromatic heterocycles. The topological polar surface area (TPSA) is 52.7 Å². The summed E-state index contributed by atoms with van der Waals surface area (Å²) >= 11 is 0. The van der Waals surface area contributed by atoms with E-state index in [9.17, 15) is 9.59 Å². The number of aryl methyl sites for hydroxylation is 1. The summed E-state index contributed by atoms with van der Waals surface area (Å²) < 4.78 is 0. The van der Waals surface area contributed by atoms with Gasteiger partial charge in [-0.3, -0.25) is 9.59 Å². The van der Waals surface area contributed by atoms with Gasteiger partial charge in [-0.15, -0.1) is 0 Å². The number of amides is 2. The zero-order valence-electron chi connectivity index (χ0n) is 13.8. The van der Waals surface area contributed by atoms with E-state index in [2.05, 4.69) is 12.2 Å². The largest absolute Gasteiger partial charge is 0.338 e. The van der Waals surface area contributed by atoms with Crippen molar-refractivity contribution in [2.75, 3.05) is 32.7 Å². The SMILES string of the molecule is CCc1ccc(C(=O)N2CCN(C(=O)C3CCCN3)CC2)cc1. The molecule has 2 saturated heterocycles. The molecule has 23 heavy (non-hydrogen) atoms. The van der Waals surface area contributed by atoms with Gasteiger partial charge >= 0.3 is 0 Å². The van der Waals surface area contributed by atoms with Crippen molar-refractivity contribution in [3.05, 3.63) is 35.4 Å². The van der Waals surface area contributed by atoms with E-state index in [1.54, 1.807) is 0 Å². The van der Waals surface area contributed by atoms with E-state index in [1.807, 2.05) is 34.1 Å². The third-order valence-corrected chi connectivity index (χ3v) is 4.85. The molecule has 2 aliphatic heterocycles. The van der Waals surface area contributed by atoms with E-state index in [0.29, 0.717) is 26.2 Å². The number of hydrogen-bond donors (Lipinski definition) is 1. The third-order valence-electron chi connectivity index (χ3n) is 4.85. The van der Waals surface area contributed by atoms with Crippen molar-refractivity contribution in [2.45, 2.75) is 32.2 Å². The predicted molar refractivity (Wildman–Crippen MR) is 89.3 cm³/mol. The highest BCUT2D eigenvalue weighted by Gasteiger charge is 2.30. The molecule has 2 heterocycles. The van der Waals surface area contributed by atoms with Gasteiger partial charge in [0.2, 0.25) is 5.91 Å². The Bertz CT molecular complexity index is 556. The Morgan fingerprint density at radius 2 is 1.74 bits per heavy atom. The van der Waals surface area contributed by atoms with E-state index in [4.69, 9.17) is 0 Å². The monoisotopic (exact) mass is 315 g/mol. The molecule has 5 nitrogen and oxygen atoms in total. The number of hydrogen-bond acceptors (Lipinski definition) is 3. The minimum atomic E-state index is -0.0150. The van der Waals surface area contributed by atoms with Crippen molar-refractivity contribution < 1.29 is 9.59 Å². The summed E-state index contributed by atoms with van der Waals surface area (Å²) in [6.45, 7) is 5.54. The maximum absolute atomic E-state index is 12.5. The fraction of sp³-hybridized carbons (Fsp3) is 0.556. The molecule has 1 aromatic rings. The highest BCUT2D eigenvalue weighted by molar-refractivity contribution is 5.94. The number of rotatable bonds is 3. The maximum Gasteiger partial charge on any atom is 0.253 e. The van der Waals surface area contributed by atoms with Gasteiger partial charge in [0.25, 0.3) is 5.91 Å². The lowest BCUT2D eigenvalue weighted by molar-refractivity contribution is -0.134. The number of carbonyl (C=O) groups excluding carboxylic acids is 2. The first kappa shape index (κ1) is 16.0. The average Bonchev–Trinajstić information content (AvgIpc) is 3.15. The van der Waals surface area contributed by atoms with Crippen molar-refractivity contribution >= 4 is 11.8 Å². The van der Waals surface area contributed by atoms with Gasteiger partial charge in [-0.25, -0.2) is 0 Å². The Morgan fingerprint density at radius 1 is 1.09 bits per heavy atom. The van der Waals surface area contributed by atoms with Gasteiger partial charge in [0.1, 0.15) is 0 Å². The lowest BCUT2D eigenvalue weighted by atomic mass is 10.1. The third kappa shape index (κ3) is 3.55. The minimum Gasteiger partial charge on any atom is -0.338 e. The maximum atomic E-state index is 12.5. The summed E-state index contributed by atoms with van der Waals surface area (Å²) in [5.41, 5.74) is 1.97. The smallest absolute Gasteiger partial charge is 0.253 e. The second-order valence-corrected chi connectivity index (χ2v) is 6.32. The first-order valence-electron chi connectivity index (χ1n) is 8.59. The standard InChI is InChI=1S/C18H25N3O2/c1-2-14-5-7-15(8-6-14)17(22)20-10-12-21(13-11-20)18(23)16-4-3-9-19-16/h5-8,16,19H,2-4,9-13H2,1H3. The molecule has 0 spiro atoms. The molecule has 0 saturated carbocycles. The van der Waals surface area contributed by atoms with Gasteiger partial charge in [-0.2, -0.15) is 0 Å². The van der Waals surface area contributed by atoms with Crippen LogP contribution in [0.5, 0.6) is 0 Å². The van der Waals surface area contributed by atoms with Crippen LogP contribution in [0.3, 0.4) is 0 Å². The number of nitrogens with zero attached hydrogens (tertiary/aromatic N) is 2. The van der Waals surface area contributed by atoms with Gasteiger partial charge in [-0.05, 0) is 43.5 Å². The molecule has 3 rings (SSSR count). The first-order chi connectivity index (χ1) is 11.2. The van der Waals surface area contributed by atoms with Crippen LogP contribution < -0.4 is 5.32 Å². The molecule has 1 N–H and O–H groups in total. The van der Waals surface area contributed by atoms with Crippen LogP contribution in [0.4, 0.5) is 0 Å². The molecule has 124 valence electrons. The highest BCUT2D eigenvalue weighted by Crippen LogP contribution is 2.14. The zero-order chi connectivity index (χ0) is 16.2. The second kappa shape index (κ2) is 7.13. The van der Waals surface area contributed by atoms with Crippen LogP contribution in [-0.2, 0) is 11.2 Å². The molecule has 0 bridgehead atoms. The van der Waals surface area contributed by atoms with E-state index in [0.717, 1.165) is 31.4 Å². The summed E-state index contributed by atoms with van der Waals surface area (Å²) in [7, 11) is 0. The predicted octanol–water partition coefficient (Wildman–Crippen LogP) is 1.29. The van der Waals surface area contributed by atoms with Crippen molar-refractivity contribution in [3.8, 4) is 0 Å². The number of carbonyl (C=O) groups is 2. The van der Waals surface area contributed by atoms with Crippen LogP contribution in [0.1, 0.15) is 35.7 Å². The summed E-state index contributed by atoms with van der Waals surface area (Å²) in [4.78, 5) is 28.7. The summed E-state index contributed by atoms with van der Waals surface area (Å²) in [5, 5.41) is 3.25. The molecule has 0 radical (unpaired) electrons. The van der Waals surface area contributed by atoms with Gasteiger partial charge in [0.15, 0.2) is 0 Å². The molecule has 2 fully saturated rings. The van der Waals surface area contributed by atoms with Crippen LogP contribution in [0.2, 0.25) is 0 Å². The number of nitrogens with one attached hydrogen (secondary N) is 1. The van der Waals surface area contributed by atoms with E-state index >= 15 is 0 Å². The second-order valence-electron chi connectivity index (χ2n) is 6.32. The Kier molecular flexibility index (Phi) is 4.96. The van der Waals surface area contributed by atoms with Crippen LogP contribution in [0, 0.1) is 0 Å². The molecule has 5 heteroatoms. The molecule has 2 amide bonds. The lowest BCUT2D eigenvalue weighted by Crippen LogP contribution is -2.54. The van der Waals surface area contributed by atoms with Crippen LogP contribution in [-0.4, -0.2) is 60.4 Å². The van der Waals surface area contributed by atoms with Crippen molar-refractivity contribution in [2.24, 2.45) is 0 Å². The van der Waals surface area contributed by atoms with E-state index in [1.165, 1.54) is 5.56 Å². The van der Waals surface area contributed by atoms with Gasteiger partial charge in [-0.1, -0.05) is 19.1 Å².